The Morgan fingerprint density at radius 1 is 1.15 bits per heavy atom. The molecule has 20 heavy (non-hydrogen) atoms. The molecule has 2 nitrogen and oxygen atoms in total. The number of hydrogen-bond donors (Lipinski definition) is 2. The lowest BCUT2D eigenvalue weighted by Gasteiger charge is -2.13. The second-order valence-corrected chi connectivity index (χ2v) is 5.46. The number of nitrogens with one attached hydrogen (secondary N) is 1. The lowest BCUT2D eigenvalue weighted by molar-refractivity contribution is 1.00. The molecule has 0 unspecified atom stereocenters. The summed E-state index contributed by atoms with van der Waals surface area (Å²) in [7, 11) is 0. The van der Waals surface area contributed by atoms with Crippen molar-refractivity contribution in [2.24, 2.45) is 5.73 Å². The first-order valence-corrected chi connectivity index (χ1v) is 7.17. The van der Waals surface area contributed by atoms with Crippen LogP contribution in [0.1, 0.15) is 22.3 Å². The monoisotopic (exact) mass is 284 g/mol. The molecular weight excluding hydrogens is 264 g/mol. The molecule has 0 spiro atoms. The van der Waals surface area contributed by atoms with Crippen LogP contribution in [-0.2, 0) is 6.42 Å². The van der Waals surface area contributed by atoms with E-state index in [0.29, 0.717) is 4.99 Å². The van der Waals surface area contributed by atoms with Crippen LogP contribution < -0.4 is 11.1 Å². The van der Waals surface area contributed by atoms with Crippen molar-refractivity contribution in [3.63, 3.8) is 0 Å². The number of hydrogen-bond acceptors (Lipinski definition) is 2. The highest BCUT2D eigenvalue weighted by atomic mass is 32.1. The van der Waals surface area contributed by atoms with E-state index in [-0.39, 0.29) is 0 Å². The van der Waals surface area contributed by atoms with Crippen molar-refractivity contribution in [2.45, 2.75) is 20.3 Å². The minimum Gasteiger partial charge on any atom is -0.389 e. The Balaban J connectivity index is 2.05. The molecule has 104 valence electrons. The summed E-state index contributed by atoms with van der Waals surface area (Å²) in [6.45, 7) is 5.05. The Hall–Kier alpha value is -1.87. The highest BCUT2D eigenvalue weighted by Gasteiger charge is 2.05. The van der Waals surface area contributed by atoms with E-state index in [0.717, 1.165) is 29.8 Å². The molecular formula is C17H20N2S. The molecule has 2 aromatic carbocycles. The molecule has 3 heteroatoms. The summed E-state index contributed by atoms with van der Waals surface area (Å²) in [4.78, 5) is 0.437. The van der Waals surface area contributed by atoms with Gasteiger partial charge >= 0.3 is 0 Å². The van der Waals surface area contributed by atoms with E-state index < -0.39 is 0 Å². The van der Waals surface area contributed by atoms with Crippen molar-refractivity contribution < 1.29 is 0 Å². The molecule has 2 aromatic rings. The van der Waals surface area contributed by atoms with Gasteiger partial charge < -0.3 is 11.1 Å². The highest BCUT2D eigenvalue weighted by Crippen LogP contribution is 2.17. The third kappa shape index (κ3) is 3.58. The maximum Gasteiger partial charge on any atom is 0.106 e. The minimum absolute atomic E-state index is 0.437. The number of benzene rings is 2. The van der Waals surface area contributed by atoms with Crippen molar-refractivity contribution in [1.29, 1.82) is 0 Å². The molecule has 0 aliphatic carbocycles. The Kier molecular flexibility index (Phi) is 4.74. The molecule has 0 amide bonds. The summed E-state index contributed by atoms with van der Waals surface area (Å²) >= 11 is 5.11. The molecule has 0 aliphatic rings. The van der Waals surface area contributed by atoms with Gasteiger partial charge in [-0.25, -0.2) is 0 Å². The zero-order chi connectivity index (χ0) is 14.5. The fraction of sp³-hybridized carbons (Fsp3) is 0.235. The van der Waals surface area contributed by atoms with Gasteiger partial charge in [0.05, 0.1) is 0 Å². The molecule has 0 atom stereocenters. The summed E-state index contributed by atoms with van der Waals surface area (Å²) in [6.07, 6.45) is 0.983. The van der Waals surface area contributed by atoms with Crippen LogP contribution in [0.2, 0.25) is 0 Å². The van der Waals surface area contributed by atoms with Crippen molar-refractivity contribution in [3.05, 3.63) is 64.7 Å². The third-order valence-electron chi connectivity index (χ3n) is 3.41. The van der Waals surface area contributed by atoms with E-state index in [2.05, 4.69) is 42.6 Å². The summed E-state index contributed by atoms with van der Waals surface area (Å²) in [5, 5.41) is 3.43. The molecule has 0 fully saturated rings. The predicted octanol–water partition coefficient (Wildman–Crippen LogP) is 3.59. The smallest absolute Gasteiger partial charge is 0.106 e. The van der Waals surface area contributed by atoms with Gasteiger partial charge in [-0.1, -0.05) is 48.1 Å². The maximum absolute atomic E-state index is 5.78. The summed E-state index contributed by atoms with van der Waals surface area (Å²) in [5.41, 5.74) is 11.6. The molecule has 0 heterocycles. The van der Waals surface area contributed by atoms with Gasteiger partial charge in [-0.15, -0.1) is 0 Å². The Labute approximate surface area is 126 Å². The number of thiocarbonyl (C=S) groups is 1. The van der Waals surface area contributed by atoms with Crippen LogP contribution in [0.15, 0.2) is 42.5 Å². The van der Waals surface area contributed by atoms with Gasteiger partial charge in [0.1, 0.15) is 4.99 Å². The van der Waals surface area contributed by atoms with Crippen LogP contribution in [-0.4, -0.2) is 11.5 Å². The fourth-order valence-corrected chi connectivity index (χ4v) is 2.41. The van der Waals surface area contributed by atoms with E-state index >= 15 is 0 Å². The SMILES string of the molecule is Cc1ccc(NCCc2ccccc2C)c(C(N)=S)c1. The zero-order valence-corrected chi connectivity index (χ0v) is 12.8. The van der Waals surface area contributed by atoms with Crippen molar-refractivity contribution in [2.75, 3.05) is 11.9 Å². The molecule has 0 saturated carbocycles. The van der Waals surface area contributed by atoms with E-state index in [1.54, 1.807) is 0 Å². The maximum atomic E-state index is 5.78. The topological polar surface area (TPSA) is 38.0 Å². The Morgan fingerprint density at radius 2 is 1.90 bits per heavy atom. The van der Waals surface area contributed by atoms with Gasteiger partial charge in [0.25, 0.3) is 0 Å². The highest BCUT2D eigenvalue weighted by molar-refractivity contribution is 7.80. The van der Waals surface area contributed by atoms with Crippen LogP contribution >= 0.6 is 12.2 Å². The second kappa shape index (κ2) is 6.53. The van der Waals surface area contributed by atoms with Crippen LogP contribution in [0.4, 0.5) is 5.69 Å². The third-order valence-corrected chi connectivity index (χ3v) is 3.63. The second-order valence-electron chi connectivity index (χ2n) is 5.02. The zero-order valence-electron chi connectivity index (χ0n) is 11.9. The Morgan fingerprint density at radius 3 is 2.60 bits per heavy atom. The lowest BCUT2D eigenvalue weighted by Crippen LogP contribution is -2.15. The van der Waals surface area contributed by atoms with Gasteiger partial charge in [-0.2, -0.15) is 0 Å². The summed E-state index contributed by atoms with van der Waals surface area (Å²) < 4.78 is 0. The molecule has 3 N–H and O–H groups in total. The number of anilines is 1. The average Bonchev–Trinajstić information content (AvgIpc) is 2.42. The number of aryl methyl sites for hydroxylation is 2. The normalized spacial score (nSPS) is 10.3. The van der Waals surface area contributed by atoms with Crippen LogP contribution in [0.3, 0.4) is 0 Å². The van der Waals surface area contributed by atoms with Crippen molar-refractivity contribution in [3.8, 4) is 0 Å². The predicted molar refractivity (Wildman–Crippen MR) is 90.4 cm³/mol. The van der Waals surface area contributed by atoms with Gasteiger partial charge in [0.2, 0.25) is 0 Å². The molecule has 0 bridgehead atoms. The van der Waals surface area contributed by atoms with Gasteiger partial charge in [-0.05, 0) is 43.5 Å². The van der Waals surface area contributed by atoms with E-state index in [1.807, 2.05) is 19.1 Å². The largest absolute Gasteiger partial charge is 0.389 e. The fourth-order valence-electron chi connectivity index (χ4n) is 2.24. The summed E-state index contributed by atoms with van der Waals surface area (Å²) in [6, 6.07) is 14.6. The van der Waals surface area contributed by atoms with E-state index in [1.165, 1.54) is 11.1 Å². The first kappa shape index (κ1) is 14.5. The van der Waals surface area contributed by atoms with Crippen molar-refractivity contribution >= 4 is 22.9 Å². The Bertz CT molecular complexity index is 620. The number of nitrogens with two attached hydrogens (primary N) is 1. The number of rotatable bonds is 5. The van der Waals surface area contributed by atoms with Gasteiger partial charge in [0.15, 0.2) is 0 Å². The molecule has 0 aromatic heterocycles. The van der Waals surface area contributed by atoms with Gasteiger partial charge in [0, 0.05) is 17.8 Å². The minimum atomic E-state index is 0.437. The first-order valence-electron chi connectivity index (χ1n) is 6.77. The first-order chi connectivity index (χ1) is 9.58. The molecule has 0 aliphatic heterocycles. The molecule has 0 radical (unpaired) electrons. The summed E-state index contributed by atoms with van der Waals surface area (Å²) in [5.74, 6) is 0. The molecule has 0 saturated heterocycles. The molecule has 2 rings (SSSR count). The van der Waals surface area contributed by atoms with Crippen LogP contribution in [0.25, 0.3) is 0 Å². The van der Waals surface area contributed by atoms with E-state index in [4.69, 9.17) is 18.0 Å². The van der Waals surface area contributed by atoms with E-state index in [9.17, 15) is 0 Å². The van der Waals surface area contributed by atoms with Crippen LogP contribution in [0.5, 0.6) is 0 Å². The standard InChI is InChI=1S/C17H20N2S/c1-12-7-8-16(15(11-12)17(18)20)19-10-9-14-6-4-3-5-13(14)2/h3-8,11,19H,9-10H2,1-2H3,(H2,18,20). The average molecular weight is 284 g/mol. The van der Waals surface area contributed by atoms with Crippen molar-refractivity contribution in [1.82, 2.24) is 0 Å². The van der Waals surface area contributed by atoms with Crippen LogP contribution in [0, 0.1) is 13.8 Å². The van der Waals surface area contributed by atoms with Gasteiger partial charge in [-0.3, -0.25) is 0 Å². The quantitative estimate of drug-likeness (QED) is 0.824. The lowest BCUT2D eigenvalue weighted by atomic mass is 10.1.